The minimum absolute atomic E-state index is 0.704. The molecule has 2 aromatic rings. The van der Waals surface area contributed by atoms with Crippen LogP contribution in [0.4, 0.5) is 30.7 Å². The molecule has 18 heavy (non-hydrogen) atoms. The lowest BCUT2D eigenvalue weighted by molar-refractivity contribution is 0.412. The number of fused-ring (bicyclic) bond motifs is 1. The van der Waals surface area contributed by atoms with Gasteiger partial charge in [-0.05, 0) is 7.85 Å². The average Bonchev–Trinajstić information content (AvgIpc) is 2.35. The van der Waals surface area contributed by atoms with Crippen molar-refractivity contribution in [3.63, 3.8) is 0 Å². The number of hydrogen-bond donors (Lipinski definition) is 0. The molecule has 0 unspecified atom stereocenters. The monoisotopic (exact) mass is 267 g/mol. The van der Waals surface area contributed by atoms with E-state index in [4.69, 9.17) is 0 Å². The van der Waals surface area contributed by atoms with E-state index in [2.05, 4.69) is 0 Å². The van der Waals surface area contributed by atoms with Crippen molar-refractivity contribution < 1.29 is 30.7 Å². The lowest BCUT2D eigenvalue weighted by atomic mass is 9.90. The topological polar surface area (TPSA) is 0 Å². The van der Waals surface area contributed by atoms with Gasteiger partial charge in [-0.15, -0.1) is 5.46 Å². The van der Waals surface area contributed by atoms with E-state index in [1.165, 1.54) is 0 Å². The predicted octanol–water partition coefficient (Wildman–Crippen LogP) is 1.80. The van der Waals surface area contributed by atoms with Crippen LogP contribution in [0.15, 0.2) is 0 Å². The fourth-order valence-corrected chi connectivity index (χ4v) is 1.37. The van der Waals surface area contributed by atoms with Crippen molar-refractivity contribution >= 4 is 24.1 Å². The number of halogens is 7. The van der Waals surface area contributed by atoms with Gasteiger partial charge in [0.25, 0.3) is 0 Å². The van der Waals surface area contributed by atoms with Crippen molar-refractivity contribution in [1.29, 1.82) is 0 Å². The second kappa shape index (κ2) is 3.89. The predicted molar refractivity (Wildman–Crippen MR) is 53.2 cm³/mol. The standard InChI is InChI=1S/C10H3BF7/c11-3-4(12)1-2(5(13)8(3)16)7(15)10(18)9(17)6(1)14/h11H3/q-1. The minimum Gasteiger partial charge on any atom is -0.210 e. The number of rotatable bonds is 0. The fourth-order valence-electron chi connectivity index (χ4n) is 1.37. The van der Waals surface area contributed by atoms with E-state index in [9.17, 15) is 30.7 Å². The second-order valence-corrected chi connectivity index (χ2v) is 3.07. The van der Waals surface area contributed by atoms with Gasteiger partial charge in [-0.1, -0.05) is 0 Å². The molecule has 0 radical (unpaired) electrons. The molecule has 0 aromatic heterocycles. The largest absolute Gasteiger partial charge is 0.210 e. The maximum atomic E-state index is 13.6. The Balaban J connectivity index is 3.22. The third kappa shape index (κ3) is 1.41. The molecular formula is C10H3BF7-. The lowest BCUT2D eigenvalue weighted by Gasteiger charge is -2.12. The zero-order chi connectivity index (χ0) is 13.8. The summed E-state index contributed by atoms with van der Waals surface area (Å²) < 4.78 is 92.5. The summed E-state index contributed by atoms with van der Waals surface area (Å²) in [5.74, 6) is -14.0. The highest BCUT2D eigenvalue weighted by molar-refractivity contribution is 6.33. The van der Waals surface area contributed by atoms with Gasteiger partial charge >= 0.3 is 0 Å². The molecule has 0 saturated heterocycles. The molecule has 0 aliphatic carbocycles. The Morgan fingerprint density at radius 3 is 1.22 bits per heavy atom. The van der Waals surface area contributed by atoms with Gasteiger partial charge in [-0.3, -0.25) is 0 Å². The fraction of sp³-hybridized carbons (Fsp3) is 0. The molecule has 0 saturated carbocycles. The molecule has 0 atom stereocenters. The van der Waals surface area contributed by atoms with Crippen molar-refractivity contribution in [3.8, 4) is 0 Å². The highest BCUT2D eigenvalue weighted by Crippen LogP contribution is 2.30. The summed E-state index contributed by atoms with van der Waals surface area (Å²) in [5, 5.41) is -2.94. The summed E-state index contributed by atoms with van der Waals surface area (Å²) in [7, 11) is -1.25. The summed E-state index contributed by atoms with van der Waals surface area (Å²) in [6, 6.07) is 0. The maximum Gasteiger partial charge on any atom is 0.198 e. The zero-order valence-corrected chi connectivity index (χ0v) is 7.65. The van der Waals surface area contributed by atoms with Gasteiger partial charge in [0.1, 0.15) is 11.6 Å². The molecule has 0 N–H and O–H groups in total. The Kier molecular flexibility index (Phi) is 2.75. The molecule has 8 heteroatoms. The van der Waals surface area contributed by atoms with Crippen LogP contribution in [0.25, 0.3) is 10.8 Å². The van der Waals surface area contributed by atoms with Crippen molar-refractivity contribution in [3.05, 3.63) is 40.7 Å². The quantitative estimate of drug-likeness (QED) is 0.295. The van der Waals surface area contributed by atoms with Crippen LogP contribution in [0.3, 0.4) is 0 Å². The summed E-state index contributed by atoms with van der Waals surface area (Å²) in [6.45, 7) is 0. The smallest absolute Gasteiger partial charge is 0.198 e. The van der Waals surface area contributed by atoms with Gasteiger partial charge in [0.2, 0.25) is 0 Å². The third-order valence-corrected chi connectivity index (χ3v) is 2.12. The Bertz CT molecular complexity index is 567. The van der Waals surface area contributed by atoms with Crippen LogP contribution in [0, 0.1) is 40.7 Å². The normalized spacial score (nSPS) is 11.3. The van der Waals surface area contributed by atoms with Gasteiger partial charge in [0, 0.05) is 0 Å². The molecule has 0 fully saturated rings. The molecule has 2 rings (SSSR count). The maximum absolute atomic E-state index is 13.6. The van der Waals surface area contributed by atoms with E-state index in [-0.39, 0.29) is 0 Å². The molecule has 0 aliphatic rings. The molecule has 0 bridgehead atoms. The number of hydrogen-bond acceptors (Lipinski definition) is 0. The Morgan fingerprint density at radius 1 is 0.444 bits per heavy atom. The zero-order valence-electron chi connectivity index (χ0n) is 7.65. The van der Waals surface area contributed by atoms with Gasteiger partial charge in [0.15, 0.2) is 29.1 Å². The first-order valence-electron chi connectivity index (χ1n) is 4.07. The van der Waals surface area contributed by atoms with Crippen LogP contribution in [0.5, 0.6) is 0 Å². The van der Waals surface area contributed by atoms with Crippen LogP contribution in [0.1, 0.15) is 0 Å². The molecule has 0 amide bonds. The molecule has 0 nitrogen and oxygen atoms in total. The Morgan fingerprint density at radius 2 is 0.778 bits per heavy atom. The van der Waals surface area contributed by atoms with E-state index in [1.54, 1.807) is 0 Å². The van der Waals surface area contributed by atoms with E-state index in [0.717, 1.165) is 0 Å². The molecule has 2 aromatic carbocycles. The SMILES string of the molecule is [BH3-]c1c(F)c(F)c2c(F)c(F)c(F)c(F)c2c1F. The van der Waals surface area contributed by atoms with Crippen LogP contribution in [-0.2, 0) is 0 Å². The summed E-state index contributed by atoms with van der Waals surface area (Å²) in [4.78, 5) is 0. The molecule has 0 spiro atoms. The van der Waals surface area contributed by atoms with Crippen molar-refractivity contribution in [2.75, 3.05) is 0 Å². The highest BCUT2D eigenvalue weighted by atomic mass is 19.2. The van der Waals surface area contributed by atoms with Crippen LogP contribution in [-0.4, -0.2) is 7.85 Å². The first kappa shape index (κ1) is 12.7. The highest BCUT2D eigenvalue weighted by Gasteiger charge is 2.27. The van der Waals surface area contributed by atoms with E-state index < -0.39 is 64.8 Å². The van der Waals surface area contributed by atoms with E-state index >= 15 is 0 Å². The Labute approximate surface area is 96.4 Å². The molecule has 0 aliphatic heterocycles. The van der Waals surface area contributed by atoms with Crippen molar-refractivity contribution in [1.82, 2.24) is 0 Å². The lowest BCUT2D eigenvalue weighted by Crippen LogP contribution is -2.19. The van der Waals surface area contributed by atoms with Gasteiger partial charge < -0.3 is 0 Å². The van der Waals surface area contributed by atoms with Crippen LogP contribution in [0.2, 0.25) is 0 Å². The summed E-state index contributed by atoms with van der Waals surface area (Å²) in [6.07, 6.45) is 0. The van der Waals surface area contributed by atoms with Crippen molar-refractivity contribution in [2.45, 2.75) is 0 Å². The Hall–Kier alpha value is -1.73. The van der Waals surface area contributed by atoms with E-state index in [0.29, 0.717) is 0 Å². The number of benzene rings is 2. The van der Waals surface area contributed by atoms with Crippen molar-refractivity contribution in [2.24, 2.45) is 0 Å². The van der Waals surface area contributed by atoms with Gasteiger partial charge in [-0.2, -0.15) is 0 Å². The molecule has 96 valence electrons. The summed E-state index contributed by atoms with van der Waals surface area (Å²) in [5.41, 5.74) is -0.704. The molecule has 0 heterocycles. The van der Waals surface area contributed by atoms with Crippen LogP contribution < -0.4 is 5.46 Å². The summed E-state index contributed by atoms with van der Waals surface area (Å²) >= 11 is 0. The third-order valence-electron chi connectivity index (χ3n) is 2.12. The molecular weight excluding hydrogens is 264 g/mol. The second-order valence-electron chi connectivity index (χ2n) is 3.07. The van der Waals surface area contributed by atoms with Crippen LogP contribution >= 0.6 is 0 Å². The van der Waals surface area contributed by atoms with Gasteiger partial charge in [-0.25, -0.2) is 30.7 Å². The average molecular weight is 267 g/mol. The van der Waals surface area contributed by atoms with Gasteiger partial charge in [0.05, 0.1) is 10.8 Å². The first-order valence-corrected chi connectivity index (χ1v) is 4.07. The van der Waals surface area contributed by atoms with E-state index in [1.807, 2.05) is 0 Å². The minimum atomic E-state index is -2.31. The first-order chi connectivity index (χ1) is 8.29.